The van der Waals surface area contributed by atoms with Crippen molar-refractivity contribution in [2.75, 3.05) is 0 Å². The molecule has 4 heteroatoms. The van der Waals surface area contributed by atoms with Crippen molar-refractivity contribution in [3.63, 3.8) is 0 Å². The summed E-state index contributed by atoms with van der Waals surface area (Å²) < 4.78 is 12.5. The first kappa shape index (κ1) is 25.2. The summed E-state index contributed by atoms with van der Waals surface area (Å²) in [5.74, 6) is 0. The second-order valence-corrected chi connectivity index (χ2v) is 12.9. The standard InChI is InChI=1S/C30H42BNO2/c1-19(2)26(22-17-24-23(16-20(22)3)27(4,5)14-15-28(24,6)7)25-13-12-21(18-32-25)31-33-29(8,9)30(10,11)34-31/h12-13,16-18H,14-15H2,1-11H3. The Hall–Kier alpha value is -1.91. The summed E-state index contributed by atoms with van der Waals surface area (Å²) in [5, 5.41) is 0. The smallest absolute Gasteiger partial charge is 0.399 e. The van der Waals surface area contributed by atoms with Crippen molar-refractivity contribution in [3.05, 3.63) is 64.0 Å². The molecule has 1 aliphatic heterocycles. The lowest BCUT2D eigenvalue weighted by atomic mass is 9.62. The van der Waals surface area contributed by atoms with Crippen molar-refractivity contribution >= 4 is 18.2 Å². The minimum Gasteiger partial charge on any atom is -0.399 e. The maximum atomic E-state index is 6.23. The second-order valence-electron chi connectivity index (χ2n) is 12.9. The van der Waals surface area contributed by atoms with Crippen LogP contribution in [0.15, 0.2) is 36.0 Å². The molecule has 4 rings (SSSR count). The molecule has 0 radical (unpaired) electrons. The topological polar surface area (TPSA) is 31.4 Å². The van der Waals surface area contributed by atoms with Crippen LogP contribution in [0, 0.1) is 6.92 Å². The van der Waals surface area contributed by atoms with Crippen LogP contribution in [0.25, 0.3) is 5.57 Å². The van der Waals surface area contributed by atoms with E-state index in [0.717, 1.165) is 11.2 Å². The van der Waals surface area contributed by atoms with Gasteiger partial charge >= 0.3 is 7.12 Å². The Balaban J connectivity index is 1.74. The number of aryl methyl sites for hydroxylation is 1. The first-order valence-corrected chi connectivity index (χ1v) is 12.7. The summed E-state index contributed by atoms with van der Waals surface area (Å²) in [6, 6.07) is 9.12. The Bertz CT molecular complexity index is 1120. The molecule has 0 amide bonds. The van der Waals surface area contributed by atoms with Crippen LogP contribution < -0.4 is 5.46 Å². The van der Waals surface area contributed by atoms with Gasteiger partial charge in [-0.05, 0) is 107 Å². The number of pyridine rings is 1. The number of aromatic nitrogens is 1. The van der Waals surface area contributed by atoms with E-state index in [2.05, 4.69) is 100 Å². The lowest BCUT2D eigenvalue weighted by molar-refractivity contribution is 0.00578. The zero-order valence-electron chi connectivity index (χ0n) is 23.1. The lowest BCUT2D eigenvalue weighted by Crippen LogP contribution is -2.41. The fraction of sp³-hybridized carbons (Fsp3) is 0.567. The monoisotopic (exact) mass is 459 g/mol. The first-order valence-electron chi connectivity index (χ1n) is 12.7. The molecule has 182 valence electrons. The normalized spacial score (nSPS) is 21.8. The van der Waals surface area contributed by atoms with Crippen molar-refractivity contribution in [1.82, 2.24) is 4.98 Å². The number of rotatable bonds is 3. The van der Waals surface area contributed by atoms with Gasteiger partial charge in [0.1, 0.15) is 0 Å². The molecular formula is C30H42BNO2. The molecule has 34 heavy (non-hydrogen) atoms. The van der Waals surface area contributed by atoms with Crippen LogP contribution in [-0.2, 0) is 20.1 Å². The fourth-order valence-electron chi connectivity index (χ4n) is 5.33. The summed E-state index contributed by atoms with van der Waals surface area (Å²) in [5.41, 5.74) is 9.71. The van der Waals surface area contributed by atoms with Crippen molar-refractivity contribution in [1.29, 1.82) is 0 Å². The first-order chi connectivity index (χ1) is 15.6. The Kier molecular flexibility index (Phi) is 5.98. The van der Waals surface area contributed by atoms with E-state index in [4.69, 9.17) is 14.3 Å². The van der Waals surface area contributed by atoms with E-state index >= 15 is 0 Å². The van der Waals surface area contributed by atoms with Crippen LogP contribution in [-0.4, -0.2) is 23.3 Å². The van der Waals surface area contributed by atoms with Gasteiger partial charge < -0.3 is 9.31 Å². The highest BCUT2D eigenvalue weighted by Gasteiger charge is 2.51. The maximum Gasteiger partial charge on any atom is 0.496 e. The van der Waals surface area contributed by atoms with Gasteiger partial charge in [0.05, 0.1) is 16.9 Å². The number of hydrogen-bond donors (Lipinski definition) is 0. The molecule has 1 aliphatic carbocycles. The van der Waals surface area contributed by atoms with E-state index in [1.165, 1.54) is 46.2 Å². The molecule has 0 bridgehead atoms. The van der Waals surface area contributed by atoms with Crippen molar-refractivity contribution < 1.29 is 9.31 Å². The van der Waals surface area contributed by atoms with Gasteiger partial charge in [0.15, 0.2) is 0 Å². The van der Waals surface area contributed by atoms with E-state index in [9.17, 15) is 0 Å². The number of nitrogens with zero attached hydrogens (tertiary/aromatic N) is 1. The molecule has 2 heterocycles. The average Bonchev–Trinajstić information content (AvgIpc) is 2.94. The number of hydrogen-bond acceptors (Lipinski definition) is 3. The van der Waals surface area contributed by atoms with Gasteiger partial charge in [-0.2, -0.15) is 0 Å². The van der Waals surface area contributed by atoms with E-state index in [0.29, 0.717) is 0 Å². The number of benzene rings is 1. The van der Waals surface area contributed by atoms with Gasteiger partial charge in [-0.15, -0.1) is 0 Å². The highest BCUT2D eigenvalue weighted by molar-refractivity contribution is 6.62. The van der Waals surface area contributed by atoms with E-state index < -0.39 is 7.12 Å². The van der Waals surface area contributed by atoms with Crippen molar-refractivity contribution in [2.45, 2.75) is 111 Å². The lowest BCUT2D eigenvalue weighted by Gasteiger charge is -2.42. The Morgan fingerprint density at radius 1 is 0.824 bits per heavy atom. The van der Waals surface area contributed by atoms with E-state index in [-0.39, 0.29) is 22.0 Å². The molecule has 0 spiro atoms. The predicted octanol–water partition coefficient (Wildman–Crippen LogP) is 6.88. The third-order valence-corrected chi connectivity index (χ3v) is 8.54. The van der Waals surface area contributed by atoms with Gasteiger partial charge in [0.25, 0.3) is 0 Å². The van der Waals surface area contributed by atoms with Crippen LogP contribution in [0.4, 0.5) is 0 Å². The zero-order chi connectivity index (χ0) is 25.3. The van der Waals surface area contributed by atoms with Gasteiger partial charge in [0.2, 0.25) is 0 Å². The summed E-state index contributed by atoms with van der Waals surface area (Å²) in [4.78, 5) is 4.92. The van der Waals surface area contributed by atoms with E-state index in [1.54, 1.807) is 0 Å². The summed E-state index contributed by atoms with van der Waals surface area (Å²) >= 11 is 0. The highest BCUT2D eigenvalue weighted by atomic mass is 16.7. The predicted molar refractivity (Wildman–Crippen MR) is 144 cm³/mol. The third-order valence-electron chi connectivity index (χ3n) is 8.54. The van der Waals surface area contributed by atoms with Crippen LogP contribution in [0.1, 0.15) is 110 Å². The minimum absolute atomic E-state index is 0.175. The Labute approximate surface area is 207 Å². The van der Waals surface area contributed by atoms with Crippen LogP contribution >= 0.6 is 0 Å². The molecule has 0 saturated carbocycles. The molecular weight excluding hydrogens is 417 g/mol. The number of fused-ring (bicyclic) bond motifs is 1. The quantitative estimate of drug-likeness (QED) is 0.469. The molecule has 2 aliphatic rings. The van der Waals surface area contributed by atoms with Gasteiger partial charge in [0, 0.05) is 17.2 Å². The molecule has 0 atom stereocenters. The second kappa shape index (κ2) is 8.06. The summed E-state index contributed by atoms with van der Waals surface area (Å²) in [6.07, 6.45) is 4.35. The van der Waals surface area contributed by atoms with Crippen molar-refractivity contribution in [2.24, 2.45) is 0 Å². The largest absolute Gasteiger partial charge is 0.496 e. The molecule has 1 fully saturated rings. The summed E-state index contributed by atoms with van der Waals surface area (Å²) in [7, 11) is -0.393. The number of allylic oxidation sites excluding steroid dienone is 1. The molecule has 0 unspecified atom stereocenters. The minimum atomic E-state index is -0.393. The maximum absolute atomic E-state index is 6.23. The molecule has 2 aromatic rings. The average molecular weight is 459 g/mol. The zero-order valence-corrected chi connectivity index (χ0v) is 23.1. The van der Waals surface area contributed by atoms with Crippen LogP contribution in [0.5, 0.6) is 0 Å². The SMILES string of the molecule is CC(C)=C(c1ccc(B2OC(C)(C)C(C)(C)O2)cn1)c1cc2c(cc1C)C(C)(C)CCC2(C)C. The van der Waals surface area contributed by atoms with Crippen molar-refractivity contribution in [3.8, 4) is 0 Å². The Morgan fingerprint density at radius 2 is 1.35 bits per heavy atom. The van der Waals surface area contributed by atoms with Crippen LogP contribution in [0.3, 0.4) is 0 Å². The van der Waals surface area contributed by atoms with Gasteiger partial charge in [-0.3, -0.25) is 4.98 Å². The van der Waals surface area contributed by atoms with Crippen LogP contribution in [0.2, 0.25) is 0 Å². The molecule has 1 aromatic carbocycles. The summed E-state index contributed by atoms with van der Waals surface area (Å²) in [6.45, 7) is 24.5. The molecule has 1 aromatic heterocycles. The highest BCUT2D eigenvalue weighted by Crippen LogP contribution is 2.47. The van der Waals surface area contributed by atoms with Gasteiger partial charge in [-0.25, -0.2) is 0 Å². The third kappa shape index (κ3) is 4.18. The fourth-order valence-corrected chi connectivity index (χ4v) is 5.33. The molecule has 0 N–H and O–H groups in total. The Morgan fingerprint density at radius 3 is 1.82 bits per heavy atom. The molecule has 3 nitrogen and oxygen atoms in total. The molecule has 1 saturated heterocycles. The van der Waals surface area contributed by atoms with E-state index in [1.807, 2.05) is 6.20 Å². The van der Waals surface area contributed by atoms with Gasteiger partial charge in [-0.1, -0.05) is 45.4 Å².